The number of aryl methyl sites for hydroxylation is 2. The van der Waals surface area contributed by atoms with Gasteiger partial charge in [-0.3, -0.25) is 9.59 Å². The number of benzene rings is 2. The van der Waals surface area contributed by atoms with Gasteiger partial charge in [-0.2, -0.15) is 0 Å². The lowest BCUT2D eigenvalue weighted by atomic mass is 9.86. The maximum Gasteiger partial charge on any atom is 0.415 e. The van der Waals surface area contributed by atoms with Gasteiger partial charge in [-0.25, -0.2) is 24.4 Å². The summed E-state index contributed by atoms with van der Waals surface area (Å²) in [6, 6.07) is 14.5. The van der Waals surface area contributed by atoms with Gasteiger partial charge in [0.05, 0.1) is 58.0 Å². The van der Waals surface area contributed by atoms with Gasteiger partial charge >= 0.3 is 18.0 Å². The van der Waals surface area contributed by atoms with Crippen LogP contribution in [0.4, 0.5) is 4.79 Å². The van der Waals surface area contributed by atoms with Crippen molar-refractivity contribution in [3.8, 4) is 34.3 Å². The molecule has 0 radical (unpaired) electrons. The Hall–Kier alpha value is -6.95. The first kappa shape index (κ1) is 47.4. The second kappa shape index (κ2) is 18.0. The van der Waals surface area contributed by atoms with E-state index in [4.69, 9.17) is 24.2 Å². The molecular formula is C55H58N6O11. The summed E-state index contributed by atoms with van der Waals surface area (Å²) >= 11 is 0. The van der Waals surface area contributed by atoms with E-state index in [1.807, 2.05) is 24.0 Å². The number of esters is 2. The maximum absolute atomic E-state index is 13.6. The van der Waals surface area contributed by atoms with E-state index in [0.29, 0.717) is 95.8 Å². The van der Waals surface area contributed by atoms with Gasteiger partial charge in [-0.1, -0.05) is 34.1 Å². The molecule has 2 atom stereocenters. The number of aromatic hydroxyl groups is 1. The Balaban J connectivity index is 0.000000168. The van der Waals surface area contributed by atoms with Crippen LogP contribution in [0.1, 0.15) is 117 Å². The average Bonchev–Trinajstić information content (AvgIpc) is 3.96. The lowest BCUT2D eigenvalue weighted by Gasteiger charge is -2.39. The number of cyclic esters (lactones) is 2. The summed E-state index contributed by atoms with van der Waals surface area (Å²) in [6.07, 6.45) is 7.09. The third kappa shape index (κ3) is 7.41. The molecule has 2 saturated heterocycles. The highest BCUT2D eigenvalue weighted by atomic mass is 16.6. The van der Waals surface area contributed by atoms with Gasteiger partial charge in [-0.05, 0) is 124 Å². The molecule has 6 aliphatic rings. The smallest absolute Gasteiger partial charge is 0.415 e. The fraction of sp³-hybridized carbons (Fsp3) is 0.436. The van der Waals surface area contributed by atoms with Crippen LogP contribution >= 0.6 is 0 Å². The minimum Gasteiger partial charge on any atom is -0.508 e. The third-order valence-corrected chi connectivity index (χ3v) is 16.1. The first-order valence-electron chi connectivity index (χ1n) is 25.4. The van der Waals surface area contributed by atoms with Crippen LogP contribution in [0, 0.1) is 0 Å². The van der Waals surface area contributed by atoms with Crippen LogP contribution in [0.2, 0.25) is 0 Å². The summed E-state index contributed by atoms with van der Waals surface area (Å²) in [5.74, 6) is -0.829. The number of piperidine rings is 2. The highest BCUT2D eigenvalue weighted by Crippen LogP contribution is 2.43. The molecule has 0 aliphatic carbocycles. The molecule has 1 amide bonds. The zero-order valence-corrected chi connectivity index (χ0v) is 41.0. The van der Waals surface area contributed by atoms with E-state index in [2.05, 4.69) is 11.8 Å². The van der Waals surface area contributed by atoms with E-state index >= 15 is 0 Å². The fourth-order valence-corrected chi connectivity index (χ4v) is 12.0. The molecule has 374 valence electrons. The molecule has 12 rings (SSSR count). The molecule has 6 aliphatic heterocycles. The van der Waals surface area contributed by atoms with Crippen LogP contribution in [-0.2, 0) is 69.4 Å². The topological polar surface area (TPSA) is 216 Å². The number of phenolic OH excluding ortho intramolecular Hbond substituents is 1. The number of amides is 1. The molecular weight excluding hydrogens is 921 g/mol. The summed E-state index contributed by atoms with van der Waals surface area (Å²) < 4.78 is 19.4. The summed E-state index contributed by atoms with van der Waals surface area (Å²) in [6.45, 7) is 11.6. The highest BCUT2D eigenvalue weighted by Gasteiger charge is 2.47. The van der Waals surface area contributed by atoms with Crippen LogP contribution < -0.4 is 15.9 Å². The Morgan fingerprint density at radius 1 is 0.667 bits per heavy atom. The van der Waals surface area contributed by atoms with Gasteiger partial charge in [0, 0.05) is 52.2 Å². The van der Waals surface area contributed by atoms with E-state index in [-0.39, 0.29) is 49.0 Å². The van der Waals surface area contributed by atoms with Gasteiger partial charge in [-0.15, -0.1) is 0 Å². The second-order valence-corrected chi connectivity index (χ2v) is 19.8. The lowest BCUT2D eigenvalue weighted by molar-refractivity contribution is -0.172. The molecule has 17 nitrogen and oxygen atoms in total. The molecule has 6 aromatic rings. The van der Waals surface area contributed by atoms with Crippen molar-refractivity contribution in [2.45, 2.75) is 129 Å². The van der Waals surface area contributed by atoms with E-state index in [1.54, 1.807) is 59.4 Å². The minimum atomic E-state index is -1.86. The van der Waals surface area contributed by atoms with E-state index < -0.39 is 23.1 Å². The number of rotatable bonds is 6. The zero-order chi connectivity index (χ0) is 50.4. The Kier molecular flexibility index (Phi) is 11.8. The Morgan fingerprint density at radius 2 is 1.17 bits per heavy atom. The Bertz CT molecular complexity index is 3410. The fourth-order valence-electron chi connectivity index (χ4n) is 12.0. The number of carbonyl (C=O) groups is 3. The van der Waals surface area contributed by atoms with Crippen molar-refractivity contribution in [3.63, 3.8) is 0 Å². The molecule has 17 heteroatoms. The van der Waals surface area contributed by atoms with Gasteiger partial charge in [0.2, 0.25) is 0 Å². The van der Waals surface area contributed by atoms with Gasteiger partial charge in [0.25, 0.3) is 11.1 Å². The first-order chi connectivity index (χ1) is 34.7. The number of ether oxygens (including phenoxy) is 3. The summed E-state index contributed by atoms with van der Waals surface area (Å²) in [4.78, 5) is 78.8. The number of phenols is 1. The number of aliphatic hydroxyl groups is 2. The molecule has 2 aromatic carbocycles. The van der Waals surface area contributed by atoms with Gasteiger partial charge < -0.3 is 48.5 Å². The first-order valence-corrected chi connectivity index (χ1v) is 25.4. The van der Waals surface area contributed by atoms with E-state index in [1.165, 1.54) is 32.4 Å². The standard InChI is InChI=1S/C33H38N4O6.C22H20N2O5/c1-3-22-23-16-21(43-32(40)36-14-10-20(11-15-36)35-12-6-5-7-13-35)8-9-27(23)34-29-24(22)18-37-28(29)17-26-25(30(37)38)19-42-31(39)33(26,41)4-2;1-3-12-13-7-11(25)5-6-17(13)23-19-14(12)9-24-18(19)8-16-15(20(24)26)10-29-21(27)22(16,28)4-2/h8-9,16-17,20,41H,3-7,10-15,18-19H2,1-2H3;5-8,25,28H,3-4,9-10H2,1-2H3. The van der Waals surface area contributed by atoms with Crippen LogP contribution in [0.15, 0.2) is 58.1 Å². The zero-order valence-electron chi connectivity index (χ0n) is 41.0. The average molecular weight is 979 g/mol. The SMILES string of the molecule is CCc1c2c(nc3ccc(O)cc13)-c1cc3c(c(=O)n1C2)COC(=O)C3(O)CC.CCc1c2c(nc3ccc(OC(=O)N4CCC(N5CCCCC5)CC4)cc13)-c1cc3c(c(=O)n1C2)COC(=O)C3(O)CC. The quantitative estimate of drug-likeness (QED) is 0.153. The van der Waals surface area contributed by atoms with Crippen molar-refractivity contribution in [2.75, 3.05) is 26.2 Å². The monoisotopic (exact) mass is 978 g/mol. The predicted molar refractivity (Wildman–Crippen MR) is 266 cm³/mol. The molecule has 2 unspecified atom stereocenters. The largest absolute Gasteiger partial charge is 0.508 e. The lowest BCUT2D eigenvalue weighted by Crippen LogP contribution is -2.48. The van der Waals surface area contributed by atoms with Crippen molar-refractivity contribution in [1.82, 2.24) is 28.9 Å². The van der Waals surface area contributed by atoms with Crippen molar-refractivity contribution < 1.29 is 43.9 Å². The van der Waals surface area contributed by atoms with E-state index in [0.717, 1.165) is 56.9 Å². The highest BCUT2D eigenvalue weighted by molar-refractivity contribution is 5.92. The predicted octanol–water partition coefficient (Wildman–Crippen LogP) is 6.44. The van der Waals surface area contributed by atoms with Crippen LogP contribution in [0.25, 0.3) is 44.6 Å². The van der Waals surface area contributed by atoms with Crippen molar-refractivity contribution >= 4 is 39.8 Å². The number of nitrogens with zero attached hydrogens (tertiary/aromatic N) is 6. The van der Waals surface area contributed by atoms with Gasteiger partial charge in [0.1, 0.15) is 24.7 Å². The van der Waals surface area contributed by atoms with Crippen molar-refractivity contribution in [2.24, 2.45) is 0 Å². The maximum atomic E-state index is 13.6. The normalized spacial score (nSPS) is 21.2. The van der Waals surface area contributed by atoms with Crippen LogP contribution in [0.3, 0.4) is 0 Å². The summed E-state index contributed by atoms with van der Waals surface area (Å²) in [5, 5.41) is 33.7. The summed E-state index contributed by atoms with van der Waals surface area (Å²) in [5.41, 5.74) is 4.85. The minimum absolute atomic E-state index is 0.0951. The number of fused-ring (bicyclic) bond motifs is 10. The molecule has 10 heterocycles. The number of pyridine rings is 4. The van der Waals surface area contributed by atoms with Gasteiger partial charge in [0.15, 0.2) is 11.2 Å². The molecule has 3 N–H and O–H groups in total. The number of likely N-dealkylation sites (tertiary alicyclic amines) is 2. The molecule has 4 aromatic heterocycles. The third-order valence-electron chi connectivity index (χ3n) is 16.1. The summed E-state index contributed by atoms with van der Waals surface area (Å²) in [7, 11) is 0. The number of carbonyl (C=O) groups excluding carboxylic acids is 3. The number of aromatic nitrogens is 4. The Labute approximate surface area is 414 Å². The molecule has 0 bridgehead atoms. The second-order valence-electron chi connectivity index (χ2n) is 19.8. The number of hydrogen-bond acceptors (Lipinski definition) is 14. The van der Waals surface area contributed by atoms with E-state index in [9.17, 15) is 39.3 Å². The molecule has 72 heavy (non-hydrogen) atoms. The van der Waals surface area contributed by atoms with Crippen LogP contribution in [-0.4, -0.2) is 94.5 Å². The van der Waals surface area contributed by atoms with Crippen molar-refractivity contribution in [1.29, 1.82) is 0 Å². The molecule has 2 fully saturated rings. The number of hydrogen-bond donors (Lipinski definition) is 3. The molecule has 0 saturated carbocycles. The van der Waals surface area contributed by atoms with Crippen molar-refractivity contribution in [3.05, 3.63) is 114 Å². The van der Waals surface area contributed by atoms with Crippen LogP contribution in [0.5, 0.6) is 11.5 Å². The molecule has 0 spiro atoms. The Morgan fingerprint density at radius 3 is 1.67 bits per heavy atom.